The van der Waals surface area contributed by atoms with Gasteiger partial charge in [-0.1, -0.05) is 6.92 Å². The summed E-state index contributed by atoms with van der Waals surface area (Å²) in [6.07, 6.45) is 3.60. The molecule has 26 heavy (non-hydrogen) atoms. The van der Waals surface area contributed by atoms with Gasteiger partial charge in [-0.25, -0.2) is 4.79 Å². The lowest BCUT2D eigenvalue weighted by molar-refractivity contribution is -0.138. The van der Waals surface area contributed by atoms with E-state index in [1.807, 2.05) is 21.0 Å². The first kappa shape index (κ1) is 19.3. The van der Waals surface area contributed by atoms with E-state index in [4.69, 9.17) is 0 Å². The number of piperidine rings is 1. The van der Waals surface area contributed by atoms with Crippen LogP contribution in [0, 0.1) is 11.8 Å². The summed E-state index contributed by atoms with van der Waals surface area (Å²) in [5.74, 6) is 0.273. The lowest BCUT2D eigenvalue weighted by Gasteiger charge is -2.45. The topological polar surface area (TPSA) is 73.0 Å². The van der Waals surface area contributed by atoms with Crippen molar-refractivity contribution < 1.29 is 14.4 Å². The van der Waals surface area contributed by atoms with Crippen molar-refractivity contribution in [3.63, 3.8) is 0 Å². The highest BCUT2D eigenvalue weighted by atomic mass is 16.2. The number of hydrogen-bond acceptors (Lipinski definition) is 5. The van der Waals surface area contributed by atoms with Crippen LogP contribution in [0.15, 0.2) is 0 Å². The van der Waals surface area contributed by atoms with Gasteiger partial charge in [0.05, 0.1) is 12.0 Å². The molecule has 2 aliphatic heterocycles. The number of likely N-dealkylation sites (tertiary alicyclic amines) is 2. The summed E-state index contributed by atoms with van der Waals surface area (Å²) in [6, 6.07) is 0.268. The Morgan fingerprint density at radius 1 is 1.23 bits per heavy atom. The van der Waals surface area contributed by atoms with E-state index < -0.39 is 0 Å². The number of urea groups is 1. The number of nitrogens with zero attached hydrogens (tertiary/aromatic N) is 3. The molecule has 0 aromatic carbocycles. The molecule has 1 aliphatic carbocycles. The third-order valence-corrected chi connectivity index (χ3v) is 6.11. The quantitative estimate of drug-likeness (QED) is 0.804. The van der Waals surface area contributed by atoms with Crippen molar-refractivity contribution in [1.29, 1.82) is 0 Å². The van der Waals surface area contributed by atoms with Crippen LogP contribution in [0.25, 0.3) is 0 Å². The van der Waals surface area contributed by atoms with Crippen molar-refractivity contribution in [3.8, 4) is 0 Å². The largest absolute Gasteiger partial charge is 0.332 e. The van der Waals surface area contributed by atoms with Crippen LogP contribution in [-0.4, -0.2) is 84.8 Å². The molecule has 3 aliphatic rings. The fraction of sp³-hybridized carbons (Fsp3) is 0.842. The molecule has 3 amide bonds. The molecular weight excluding hydrogens is 332 g/mol. The number of ketones is 1. The Bertz CT molecular complexity index is 561. The Morgan fingerprint density at radius 2 is 1.96 bits per heavy atom. The minimum absolute atomic E-state index is 0.0830. The number of imide groups is 1. The van der Waals surface area contributed by atoms with E-state index in [1.165, 1.54) is 4.90 Å². The summed E-state index contributed by atoms with van der Waals surface area (Å²) in [6.45, 7) is 4.76. The highest BCUT2D eigenvalue weighted by molar-refractivity contribution is 5.96. The van der Waals surface area contributed by atoms with Gasteiger partial charge in [0.25, 0.3) is 0 Å². The maximum absolute atomic E-state index is 13.1. The van der Waals surface area contributed by atoms with Gasteiger partial charge in [0.2, 0.25) is 5.91 Å². The normalized spacial score (nSPS) is 30.4. The van der Waals surface area contributed by atoms with Crippen molar-refractivity contribution in [2.24, 2.45) is 11.8 Å². The molecule has 0 spiro atoms. The number of fused-ring (bicyclic) bond motifs is 1. The number of carbonyl (C=O) groups excluding carboxylic acids is 3. The Morgan fingerprint density at radius 3 is 2.62 bits per heavy atom. The summed E-state index contributed by atoms with van der Waals surface area (Å²) < 4.78 is 0. The number of hydrogen-bond donors (Lipinski definition) is 1. The van der Waals surface area contributed by atoms with E-state index in [2.05, 4.69) is 15.1 Å². The molecule has 146 valence electrons. The molecule has 2 saturated heterocycles. The zero-order chi connectivity index (χ0) is 18.8. The summed E-state index contributed by atoms with van der Waals surface area (Å²) in [5, 5.41) is 2.98. The average Bonchev–Trinajstić information content (AvgIpc) is 2.57. The summed E-state index contributed by atoms with van der Waals surface area (Å²) >= 11 is 0. The third-order valence-electron chi connectivity index (χ3n) is 6.11. The molecule has 3 rings (SSSR count). The van der Waals surface area contributed by atoms with Crippen LogP contribution in [0.4, 0.5) is 4.79 Å². The van der Waals surface area contributed by atoms with Crippen LogP contribution >= 0.6 is 0 Å². The standard InChI is InChI=1S/C19H32N4O3/c1-4-7-23(19(26)20-15-11-21(2)12-15)18(25)14-8-13-9-16(24)5-6-17(13)22(3)10-14/h13-15,17H,4-12H2,1-3H3,(H,20,26)/t13-,14-,17-/m1/s1. The second kappa shape index (κ2) is 8.05. The summed E-state index contributed by atoms with van der Waals surface area (Å²) in [4.78, 5) is 43.4. The first-order chi connectivity index (χ1) is 12.4. The van der Waals surface area contributed by atoms with Gasteiger partial charge < -0.3 is 15.1 Å². The minimum Gasteiger partial charge on any atom is -0.332 e. The molecule has 7 nitrogen and oxygen atoms in total. The maximum atomic E-state index is 13.1. The van der Waals surface area contributed by atoms with Gasteiger partial charge in [0, 0.05) is 45.1 Å². The van der Waals surface area contributed by atoms with Crippen LogP contribution in [0.1, 0.15) is 39.0 Å². The van der Waals surface area contributed by atoms with Crippen LogP contribution in [-0.2, 0) is 9.59 Å². The highest BCUT2D eigenvalue weighted by Gasteiger charge is 2.42. The number of nitrogens with one attached hydrogen (secondary N) is 1. The number of Topliss-reactive ketones (excluding diaryl/α,β-unsaturated/α-hetero) is 1. The fourth-order valence-electron chi connectivity index (χ4n) is 4.80. The van der Waals surface area contributed by atoms with E-state index >= 15 is 0 Å². The Labute approximate surface area is 156 Å². The molecule has 0 aromatic rings. The van der Waals surface area contributed by atoms with E-state index in [0.717, 1.165) is 32.4 Å². The summed E-state index contributed by atoms with van der Waals surface area (Å²) in [7, 11) is 4.05. The SMILES string of the molecule is CCCN(C(=O)NC1CN(C)C1)C(=O)[C@@H]1C[C@@H]2CC(=O)CC[C@H]2N(C)C1. The van der Waals surface area contributed by atoms with Crippen molar-refractivity contribution in [2.75, 3.05) is 40.3 Å². The zero-order valence-electron chi connectivity index (χ0n) is 16.2. The average molecular weight is 364 g/mol. The van der Waals surface area contributed by atoms with E-state index in [9.17, 15) is 14.4 Å². The monoisotopic (exact) mass is 364 g/mol. The third kappa shape index (κ3) is 4.09. The van der Waals surface area contributed by atoms with Crippen LogP contribution < -0.4 is 5.32 Å². The summed E-state index contributed by atoms with van der Waals surface area (Å²) in [5.41, 5.74) is 0. The molecule has 0 bridgehead atoms. The van der Waals surface area contributed by atoms with Crippen molar-refractivity contribution in [1.82, 2.24) is 20.0 Å². The van der Waals surface area contributed by atoms with Crippen molar-refractivity contribution in [2.45, 2.75) is 51.1 Å². The zero-order valence-corrected chi connectivity index (χ0v) is 16.2. The molecular formula is C19H32N4O3. The molecule has 0 unspecified atom stereocenters. The van der Waals surface area contributed by atoms with Crippen LogP contribution in [0.5, 0.6) is 0 Å². The van der Waals surface area contributed by atoms with Gasteiger partial charge in [0.1, 0.15) is 5.78 Å². The smallest absolute Gasteiger partial charge is 0.324 e. The molecule has 1 N–H and O–H groups in total. The fourth-order valence-corrected chi connectivity index (χ4v) is 4.80. The number of amides is 3. The Balaban J connectivity index is 1.64. The number of likely N-dealkylation sites (N-methyl/N-ethyl adjacent to an activating group) is 1. The first-order valence-electron chi connectivity index (χ1n) is 9.91. The second-order valence-electron chi connectivity index (χ2n) is 8.34. The highest BCUT2D eigenvalue weighted by Crippen LogP contribution is 2.36. The Hall–Kier alpha value is -1.47. The van der Waals surface area contributed by atoms with E-state index in [-0.39, 0.29) is 29.8 Å². The molecule has 2 heterocycles. The lowest BCUT2D eigenvalue weighted by Crippen LogP contribution is -2.61. The van der Waals surface area contributed by atoms with Gasteiger partial charge in [-0.05, 0) is 39.3 Å². The maximum Gasteiger partial charge on any atom is 0.324 e. The first-order valence-corrected chi connectivity index (χ1v) is 9.91. The van der Waals surface area contributed by atoms with E-state index in [0.29, 0.717) is 37.8 Å². The van der Waals surface area contributed by atoms with Gasteiger partial charge in [-0.3, -0.25) is 14.5 Å². The predicted molar refractivity (Wildman–Crippen MR) is 98.7 cm³/mol. The molecule has 7 heteroatoms. The number of carbonyl (C=O) groups is 3. The second-order valence-corrected chi connectivity index (χ2v) is 8.34. The number of rotatable bonds is 4. The van der Waals surface area contributed by atoms with Gasteiger partial charge in [0.15, 0.2) is 0 Å². The van der Waals surface area contributed by atoms with E-state index in [1.54, 1.807) is 0 Å². The lowest BCUT2D eigenvalue weighted by atomic mass is 9.74. The molecule has 0 radical (unpaired) electrons. The van der Waals surface area contributed by atoms with Gasteiger partial charge in [-0.2, -0.15) is 0 Å². The minimum atomic E-state index is -0.264. The molecule has 3 fully saturated rings. The predicted octanol–water partition coefficient (Wildman–Crippen LogP) is 0.938. The van der Waals surface area contributed by atoms with Crippen molar-refractivity contribution >= 4 is 17.7 Å². The van der Waals surface area contributed by atoms with Crippen molar-refractivity contribution in [3.05, 3.63) is 0 Å². The Kier molecular flexibility index (Phi) is 5.97. The van der Waals surface area contributed by atoms with Crippen LogP contribution in [0.3, 0.4) is 0 Å². The van der Waals surface area contributed by atoms with Crippen LogP contribution in [0.2, 0.25) is 0 Å². The van der Waals surface area contributed by atoms with Gasteiger partial charge >= 0.3 is 6.03 Å². The molecule has 3 atom stereocenters. The molecule has 1 saturated carbocycles. The van der Waals surface area contributed by atoms with Gasteiger partial charge in [-0.15, -0.1) is 0 Å². The molecule has 0 aromatic heterocycles.